The lowest BCUT2D eigenvalue weighted by Gasteiger charge is -1.90. The minimum atomic E-state index is 0.622. The molecule has 0 amide bonds. The van der Waals surface area contributed by atoms with Crippen LogP contribution in [-0.2, 0) is 0 Å². The molecular weight excluding hydrogens is 92.1 g/mol. The lowest BCUT2D eigenvalue weighted by Crippen LogP contribution is -2.16. The molecule has 0 atom stereocenters. The predicted molar refractivity (Wildman–Crippen MR) is 26.3 cm³/mol. The summed E-state index contributed by atoms with van der Waals surface area (Å²) in [4.78, 5) is 3.85. The van der Waals surface area contributed by atoms with E-state index in [-0.39, 0.29) is 0 Å². The highest BCUT2D eigenvalue weighted by atomic mass is 16.5. The van der Waals surface area contributed by atoms with Crippen LogP contribution in [0.15, 0.2) is 4.99 Å². The normalized spacial score (nSPS) is 19.1. The van der Waals surface area contributed by atoms with E-state index in [0.717, 1.165) is 4.74 Å². The van der Waals surface area contributed by atoms with E-state index < -0.39 is 0 Å². The summed E-state index contributed by atoms with van der Waals surface area (Å²) < 4.78 is 1.12. The first-order valence-electron chi connectivity index (χ1n) is 2.18. The van der Waals surface area contributed by atoms with Crippen LogP contribution in [0.2, 0.25) is 0 Å². The second-order valence-electron chi connectivity index (χ2n) is 1.37. The van der Waals surface area contributed by atoms with Crippen LogP contribution in [0, 0.1) is 0 Å². The van der Waals surface area contributed by atoms with Crippen molar-refractivity contribution in [3.8, 4) is 0 Å². The van der Waals surface area contributed by atoms with Crippen molar-refractivity contribution in [3.05, 3.63) is 0 Å². The summed E-state index contributed by atoms with van der Waals surface area (Å²) in [7, 11) is 0. The van der Waals surface area contributed by atoms with Gasteiger partial charge in [0.2, 0.25) is 12.8 Å². The highest BCUT2D eigenvalue weighted by Crippen LogP contribution is 1.74. The maximum atomic E-state index is 8.60. The van der Waals surface area contributed by atoms with Crippen LogP contribution in [-0.4, -0.2) is 35.5 Å². The molecule has 0 bridgehead atoms. The molecule has 3 nitrogen and oxygen atoms in total. The van der Waals surface area contributed by atoms with Crippen molar-refractivity contribution in [1.29, 1.82) is 0 Å². The Labute approximate surface area is 41.6 Å². The molecule has 1 aliphatic rings. The molecule has 0 saturated carbocycles. The Kier molecular flexibility index (Phi) is 1.06. The van der Waals surface area contributed by atoms with Crippen molar-refractivity contribution in [1.82, 2.24) is 0 Å². The van der Waals surface area contributed by atoms with Gasteiger partial charge < -0.3 is 0 Å². The van der Waals surface area contributed by atoms with Crippen LogP contribution in [0.3, 0.4) is 0 Å². The first-order valence-corrected chi connectivity index (χ1v) is 2.18. The highest BCUT2D eigenvalue weighted by Gasteiger charge is 1.99. The topological polar surface area (TPSA) is 35.6 Å². The fraction of sp³-hybridized carbons (Fsp3) is 0.500. The van der Waals surface area contributed by atoms with Crippen molar-refractivity contribution >= 4 is 12.4 Å². The monoisotopic (exact) mass is 99.1 g/mol. The Hall–Kier alpha value is -0.860. The van der Waals surface area contributed by atoms with Crippen LogP contribution in [0.25, 0.3) is 0 Å². The second-order valence-corrected chi connectivity index (χ2v) is 1.37. The Balaban J connectivity index is 2.57. The average molecular weight is 99.1 g/mol. The molecule has 38 valence electrons. The fourth-order valence-electron chi connectivity index (χ4n) is 0.433. The summed E-state index contributed by atoms with van der Waals surface area (Å²) in [6.45, 7) is 1.32. The van der Waals surface area contributed by atoms with Gasteiger partial charge in [0.15, 0.2) is 0 Å². The molecule has 0 fully saturated rings. The first-order chi connectivity index (χ1) is 3.39. The van der Waals surface area contributed by atoms with Crippen molar-refractivity contribution in [2.45, 2.75) is 0 Å². The van der Waals surface area contributed by atoms with Crippen LogP contribution in [0.4, 0.5) is 0 Å². The Bertz CT molecular complexity index is 117. The molecule has 1 heterocycles. The van der Waals surface area contributed by atoms with E-state index in [1.165, 1.54) is 6.21 Å². The minimum absolute atomic E-state index is 0.622. The lowest BCUT2D eigenvalue weighted by molar-refractivity contribution is -0.769. The zero-order chi connectivity index (χ0) is 5.11. The third kappa shape index (κ3) is 0.994. The van der Waals surface area contributed by atoms with E-state index in [4.69, 9.17) is 5.21 Å². The van der Waals surface area contributed by atoms with Crippen molar-refractivity contribution in [3.63, 3.8) is 0 Å². The fourth-order valence-corrected chi connectivity index (χ4v) is 0.433. The number of hydroxylamine groups is 1. The van der Waals surface area contributed by atoms with Crippen molar-refractivity contribution in [2.75, 3.05) is 13.1 Å². The summed E-state index contributed by atoms with van der Waals surface area (Å²) in [6.07, 6.45) is 3.12. The van der Waals surface area contributed by atoms with Gasteiger partial charge in [-0.05, 0) is 4.74 Å². The molecule has 0 aromatic carbocycles. The molecule has 3 heteroatoms. The smallest absolute Gasteiger partial charge is 0.233 e. The van der Waals surface area contributed by atoms with Gasteiger partial charge in [0.1, 0.15) is 6.54 Å². The molecule has 0 unspecified atom stereocenters. The SMILES string of the molecule is O[N+]1=CC=NCC1. The largest absolute Gasteiger partial charge is 0.291 e. The van der Waals surface area contributed by atoms with Crippen LogP contribution >= 0.6 is 0 Å². The quantitative estimate of drug-likeness (QED) is 0.324. The first kappa shape index (κ1) is 4.30. The summed E-state index contributed by atoms with van der Waals surface area (Å²) in [6, 6.07) is 0. The van der Waals surface area contributed by atoms with Gasteiger partial charge in [-0.15, -0.1) is 0 Å². The summed E-state index contributed by atoms with van der Waals surface area (Å²) in [5.74, 6) is 0. The van der Waals surface area contributed by atoms with E-state index in [2.05, 4.69) is 4.99 Å². The molecule has 1 rings (SSSR count). The number of hydrogen-bond donors (Lipinski definition) is 1. The predicted octanol–water partition coefficient (Wildman–Crippen LogP) is -0.457. The number of hydrogen-bond acceptors (Lipinski definition) is 2. The summed E-state index contributed by atoms with van der Waals surface area (Å²) >= 11 is 0. The van der Waals surface area contributed by atoms with E-state index in [1.807, 2.05) is 0 Å². The third-order valence-corrected chi connectivity index (χ3v) is 0.802. The van der Waals surface area contributed by atoms with Crippen LogP contribution < -0.4 is 0 Å². The zero-order valence-corrected chi connectivity index (χ0v) is 3.91. The Morgan fingerprint density at radius 3 is 2.86 bits per heavy atom. The number of aliphatic imine (C=N–C) groups is 1. The molecule has 0 saturated heterocycles. The summed E-state index contributed by atoms with van der Waals surface area (Å²) in [5.41, 5.74) is 0. The van der Waals surface area contributed by atoms with Crippen molar-refractivity contribution in [2.24, 2.45) is 4.99 Å². The molecule has 0 radical (unpaired) electrons. The lowest BCUT2D eigenvalue weighted by atomic mass is 10.6. The van der Waals surface area contributed by atoms with Crippen LogP contribution in [0.5, 0.6) is 0 Å². The van der Waals surface area contributed by atoms with Crippen molar-refractivity contribution < 1.29 is 9.95 Å². The van der Waals surface area contributed by atoms with E-state index >= 15 is 0 Å². The average Bonchev–Trinajstić information content (AvgIpc) is 1.69. The van der Waals surface area contributed by atoms with E-state index in [0.29, 0.717) is 13.1 Å². The molecule has 0 aromatic heterocycles. The Morgan fingerprint density at radius 2 is 2.57 bits per heavy atom. The molecule has 0 spiro atoms. The van der Waals surface area contributed by atoms with Gasteiger partial charge in [0, 0.05) is 0 Å². The maximum Gasteiger partial charge on any atom is 0.233 e. The van der Waals surface area contributed by atoms with Gasteiger partial charge in [-0.25, -0.2) is 0 Å². The van der Waals surface area contributed by atoms with Gasteiger partial charge in [-0.3, -0.25) is 10.2 Å². The van der Waals surface area contributed by atoms with E-state index in [1.54, 1.807) is 6.21 Å². The van der Waals surface area contributed by atoms with E-state index in [9.17, 15) is 0 Å². The van der Waals surface area contributed by atoms with Gasteiger partial charge in [0.05, 0.1) is 6.21 Å². The van der Waals surface area contributed by atoms with Gasteiger partial charge in [-0.1, -0.05) is 0 Å². The van der Waals surface area contributed by atoms with Gasteiger partial charge >= 0.3 is 0 Å². The molecule has 1 aliphatic heterocycles. The standard InChI is InChI=1S/C4H7N2O/c7-6-3-1-5-2-4-6/h1,3,7H,2,4H2/q+1. The minimum Gasteiger partial charge on any atom is -0.291 e. The third-order valence-electron chi connectivity index (χ3n) is 0.802. The Morgan fingerprint density at radius 1 is 1.71 bits per heavy atom. The second kappa shape index (κ2) is 1.73. The van der Waals surface area contributed by atoms with Crippen LogP contribution in [0.1, 0.15) is 0 Å². The molecular formula is C4H7N2O+. The molecule has 7 heavy (non-hydrogen) atoms. The zero-order valence-electron chi connectivity index (χ0n) is 3.91. The molecule has 1 N–H and O–H groups in total. The maximum absolute atomic E-state index is 8.60. The number of nitrogens with zero attached hydrogens (tertiary/aromatic N) is 2. The molecule has 0 aromatic rings. The summed E-state index contributed by atoms with van der Waals surface area (Å²) in [5, 5.41) is 8.60. The highest BCUT2D eigenvalue weighted by molar-refractivity contribution is 6.13. The molecule has 0 aliphatic carbocycles. The number of rotatable bonds is 0. The van der Waals surface area contributed by atoms with Gasteiger partial charge in [-0.2, -0.15) is 0 Å². The van der Waals surface area contributed by atoms with Gasteiger partial charge in [0.25, 0.3) is 0 Å².